The van der Waals surface area contributed by atoms with Crippen molar-refractivity contribution >= 4 is 27.5 Å². The van der Waals surface area contributed by atoms with Crippen LogP contribution in [0.5, 0.6) is 0 Å². The number of aliphatic hydroxyl groups is 1. The number of benzene rings is 2. The van der Waals surface area contributed by atoms with Gasteiger partial charge in [-0.1, -0.05) is 45.7 Å². The van der Waals surface area contributed by atoms with Crippen molar-refractivity contribution in [3.8, 4) is 0 Å². The fourth-order valence-corrected chi connectivity index (χ4v) is 2.08. The standard InChI is InChI=1S/C13H9BrClFO/c14-9-3-1-8(2-4-9)13(17)11-6-5-10(16)7-12(11)15/h1-7,13,17H. The highest BCUT2D eigenvalue weighted by Gasteiger charge is 2.14. The SMILES string of the molecule is OC(c1ccc(Br)cc1)c1ccc(F)cc1Cl. The van der Waals surface area contributed by atoms with Gasteiger partial charge in [-0.3, -0.25) is 0 Å². The minimum absolute atomic E-state index is 0.223. The van der Waals surface area contributed by atoms with Gasteiger partial charge in [-0.2, -0.15) is 0 Å². The molecule has 0 bridgehead atoms. The summed E-state index contributed by atoms with van der Waals surface area (Å²) < 4.78 is 13.8. The first-order valence-corrected chi connectivity index (χ1v) is 6.13. The lowest BCUT2D eigenvalue weighted by Crippen LogP contribution is -2.00. The largest absolute Gasteiger partial charge is 0.384 e. The second-order valence-corrected chi connectivity index (χ2v) is 4.94. The zero-order valence-corrected chi connectivity index (χ0v) is 11.0. The average Bonchev–Trinajstić information content (AvgIpc) is 2.29. The summed E-state index contributed by atoms with van der Waals surface area (Å²) in [5.74, 6) is -0.415. The molecule has 2 aromatic carbocycles. The van der Waals surface area contributed by atoms with E-state index < -0.39 is 11.9 Å². The lowest BCUT2D eigenvalue weighted by Gasteiger charge is -2.13. The van der Waals surface area contributed by atoms with Gasteiger partial charge in [0.05, 0.1) is 0 Å². The molecule has 0 saturated heterocycles. The third-order valence-electron chi connectivity index (χ3n) is 2.44. The third kappa shape index (κ3) is 2.86. The van der Waals surface area contributed by atoms with Crippen molar-refractivity contribution in [2.75, 3.05) is 0 Å². The Labute approximate surface area is 112 Å². The zero-order chi connectivity index (χ0) is 12.4. The molecular formula is C13H9BrClFO. The molecule has 0 radical (unpaired) electrons. The number of rotatable bonds is 2. The summed E-state index contributed by atoms with van der Waals surface area (Å²) in [6.07, 6.45) is -0.851. The van der Waals surface area contributed by atoms with Crippen LogP contribution < -0.4 is 0 Å². The Morgan fingerprint density at radius 3 is 2.35 bits per heavy atom. The molecule has 17 heavy (non-hydrogen) atoms. The van der Waals surface area contributed by atoms with E-state index in [1.54, 1.807) is 12.1 Å². The highest BCUT2D eigenvalue weighted by molar-refractivity contribution is 9.10. The second-order valence-electron chi connectivity index (χ2n) is 3.62. The Kier molecular flexibility index (Phi) is 3.82. The molecule has 0 aliphatic carbocycles. The van der Waals surface area contributed by atoms with Gasteiger partial charge in [0.1, 0.15) is 11.9 Å². The van der Waals surface area contributed by atoms with E-state index in [1.165, 1.54) is 18.2 Å². The smallest absolute Gasteiger partial charge is 0.124 e. The summed E-state index contributed by atoms with van der Waals surface area (Å²) in [7, 11) is 0. The number of aliphatic hydroxyl groups excluding tert-OH is 1. The van der Waals surface area contributed by atoms with E-state index in [9.17, 15) is 9.50 Å². The van der Waals surface area contributed by atoms with Gasteiger partial charge in [0.15, 0.2) is 0 Å². The molecule has 0 aliphatic rings. The first-order valence-electron chi connectivity index (χ1n) is 4.96. The molecule has 88 valence electrons. The molecule has 1 unspecified atom stereocenters. The Morgan fingerprint density at radius 1 is 1.12 bits per heavy atom. The van der Waals surface area contributed by atoms with E-state index in [0.717, 1.165) is 4.47 Å². The van der Waals surface area contributed by atoms with Crippen LogP contribution in [0.4, 0.5) is 4.39 Å². The normalized spacial score (nSPS) is 12.5. The Hall–Kier alpha value is -0.900. The van der Waals surface area contributed by atoms with Crippen molar-refractivity contribution in [3.05, 3.63) is 68.9 Å². The van der Waals surface area contributed by atoms with Crippen LogP contribution in [0.25, 0.3) is 0 Å². The van der Waals surface area contributed by atoms with Crippen LogP contribution in [0.15, 0.2) is 46.9 Å². The summed E-state index contributed by atoms with van der Waals surface area (Å²) in [6.45, 7) is 0. The summed E-state index contributed by atoms with van der Waals surface area (Å²) >= 11 is 9.21. The molecule has 0 spiro atoms. The fraction of sp³-hybridized carbons (Fsp3) is 0.0769. The van der Waals surface area contributed by atoms with Crippen LogP contribution >= 0.6 is 27.5 Å². The predicted octanol–water partition coefficient (Wildman–Crippen LogP) is 4.32. The van der Waals surface area contributed by atoms with Crippen molar-refractivity contribution in [1.82, 2.24) is 0 Å². The Bertz CT molecular complexity index is 527. The summed E-state index contributed by atoms with van der Waals surface area (Å²) in [5.41, 5.74) is 1.21. The maximum atomic E-state index is 12.9. The van der Waals surface area contributed by atoms with Crippen molar-refractivity contribution in [1.29, 1.82) is 0 Å². The molecule has 1 nitrogen and oxygen atoms in total. The summed E-state index contributed by atoms with van der Waals surface area (Å²) in [4.78, 5) is 0. The molecule has 0 aliphatic heterocycles. The molecule has 0 fully saturated rings. The van der Waals surface area contributed by atoms with E-state index in [2.05, 4.69) is 15.9 Å². The van der Waals surface area contributed by atoms with Gasteiger partial charge in [0.2, 0.25) is 0 Å². The van der Waals surface area contributed by atoms with Crippen LogP contribution in [-0.2, 0) is 0 Å². The molecule has 4 heteroatoms. The lowest BCUT2D eigenvalue weighted by atomic mass is 10.0. The molecule has 1 atom stereocenters. The van der Waals surface area contributed by atoms with E-state index in [1.807, 2.05) is 12.1 Å². The topological polar surface area (TPSA) is 20.2 Å². The van der Waals surface area contributed by atoms with Gasteiger partial charge >= 0.3 is 0 Å². The minimum Gasteiger partial charge on any atom is -0.384 e. The highest BCUT2D eigenvalue weighted by Crippen LogP contribution is 2.29. The van der Waals surface area contributed by atoms with Gasteiger partial charge in [0, 0.05) is 15.1 Å². The minimum atomic E-state index is -0.851. The molecule has 2 aromatic rings. The van der Waals surface area contributed by atoms with Gasteiger partial charge in [-0.15, -0.1) is 0 Å². The molecule has 2 rings (SSSR count). The fourth-order valence-electron chi connectivity index (χ4n) is 1.55. The first-order chi connectivity index (χ1) is 8.08. The average molecular weight is 316 g/mol. The van der Waals surface area contributed by atoms with Crippen molar-refractivity contribution < 1.29 is 9.50 Å². The van der Waals surface area contributed by atoms with Crippen molar-refractivity contribution in [2.24, 2.45) is 0 Å². The van der Waals surface area contributed by atoms with E-state index >= 15 is 0 Å². The van der Waals surface area contributed by atoms with Gasteiger partial charge in [-0.25, -0.2) is 4.39 Å². The summed E-state index contributed by atoms with van der Waals surface area (Å²) in [5, 5.41) is 10.4. The molecule has 0 heterocycles. The van der Waals surface area contributed by atoms with Crippen LogP contribution in [0.3, 0.4) is 0 Å². The van der Waals surface area contributed by atoms with E-state index in [4.69, 9.17) is 11.6 Å². The lowest BCUT2D eigenvalue weighted by molar-refractivity contribution is 0.220. The molecule has 0 amide bonds. The quantitative estimate of drug-likeness (QED) is 0.875. The third-order valence-corrected chi connectivity index (χ3v) is 3.30. The van der Waals surface area contributed by atoms with Crippen LogP contribution in [0, 0.1) is 5.82 Å². The monoisotopic (exact) mass is 314 g/mol. The predicted molar refractivity (Wildman–Crippen MR) is 69.6 cm³/mol. The Morgan fingerprint density at radius 2 is 1.76 bits per heavy atom. The van der Waals surface area contributed by atoms with Gasteiger partial charge < -0.3 is 5.11 Å². The van der Waals surface area contributed by atoms with Crippen LogP contribution in [-0.4, -0.2) is 5.11 Å². The van der Waals surface area contributed by atoms with Crippen molar-refractivity contribution in [2.45, 2.75) is 6.10 Å². The molecular weight excluding hydrogens is 306 g/mol. The number of hydrogen-bond donors (Lipinski definition) is 1. The van der Waals surface area contributed by atoms with E-state index in [0.29, 0.717) is 11.1 Å². The highest BCUT2D eigenvalue weighted by atomic mass is 79.9. The van der Waals surface area contributed by atoms with Crippen LogP contribution in [0.2, 0.25) is 5.02 Å². The summed E-state index contributed by atoms with van der Waals surface area (Å²) in [6, 6.07) is 11.2. The maximum Gasteiger partial charge on any atom is 0.124 e. The van der Waals surface area contributed by atoms with Crippen molar-refractivity contribution in [3.63, 3.8) is 0 Å². The van der Waals surface area contributed by atoms with Gasteiger partial charge in [-0.05, 0) is 29.8 Å². The van der Waals surface area contributed by atoms with E-state index in [-0.39, 0.29) is 5.02 Å². The Balaban J connectivity index is 2.36. The zero-order valence-electron chi connectivity index (χ0n) is 8.70. The molecule has 0 aromatic heterocycles. The first kappa shape index (κ1) is 12.6. The maximum absolute atomic E-state index is 12.9. The second kappa shape index (κ2) is 5.17. The van der Waals surface area contributed by atoms with Gasteiger partial charge in [0.25, 0.3) is 0 Å². The number of halogens is 3. The van der Waals surface area contributed by atoms with Crippen LogP contribution in [0.1, 0.15) is 17.2 Å². The number of hydrogen-bond acceptors (Lipinski definition) is 1. The molecule has 1 N–H and O–H groups in total. The molecule has 0 saturated carbocycles.